The van der Waals surface area contributed by atoms with Crippen LogP contribution < -0.4 is 15.5 Å². The molecule has 8 heteroatoms. The van der Waals surface area contributed by atoms with Crippen LogP contribution in [0.15, 0.2) is 36.4 Å². The normalized spacial score (nSPS) is 13.0. The lowest BCUT2D eigenvalue weighted by Gasteiger charge is -2.21. The van der Waals surface area contributed by atoms with E-state index < -0.39 is 6.04 Å². The maximum absolute atomic E-state index is 12.5. The zero-order valence-electron chi connectivity index (χ0n) is 15.2. The Hall–Kier alpha value is -1.79. The highest BCUT2D eigenvalue weighted by molar-refractivity contribution is 6.39. The lowest BCUT2D eigenvalue weighted by atomic mass is 10.2. The Bertz CT molecular complexity index is 838. The van der Waals surface area contributed by atoms with Crippen LogP contribution in [0.1, 0.15) is 12.5 Å². The van der Waals surface area contributed by atoms with Gasteiger partial charge in [-0.05, 0) is 43.7 Å². The first-order valence-electron chi connectivity index (χ1n) is 8.33. The number of halogens is 3. The van der Waals surface area contributed by atoms with Crippen LogP contribution in [-0.4, -0.2) is 31.4 Å². The van der Waals surface area contributed by atoms with Gasteiger partial charge < -0.3 is 15.5 Å². The molecule has 0 spiro atoms. The third-order valence-corrected chi connectivity index (χ3v) is 5.36. The SMILES string of the molecule is Cc1c(Cl)cccc1NC(=O)C(C)[NH+](C)CC(=O)Nc1c(Cl)cccc1Cl. The maximum atomic E-state index is 12.5. The van der Waals surface area contributed by atoms with Crippen molar-refractivity contribution in [1.82, 2.24) is 0 Å². The Morgan fingerprint density at radius 2 is 1.56 bits per heavy atom. The summed E-state index contributed by atoms with van der Waals surface area (Å²) in [5, 5.41) is 6.85. The number of carbonyl (C=O) groups is 2. The number of benzene rings is 2. The van der Waals surface area contributed by atoms with Crippen molar-refractivity contribution in [1.29, 1.82) is 0 Å². The summed E-state index contributed by atoms with van der Waals surface area (Å²) in [6.45, 7) is 3.66. The summed E-state index contributed by atoms with van der Waals surface area (Å²) >= 11 is 18.2. The minimum atomic E-state index is -0.462. The monoisotopic (exact) mass is 428 g/mol. The van der Waals surface area contributed by atoms with E-state index in [0.717, 1.165) is 5.56 Å². The summed E-state index contributed by atoms with van der Waals surface area (Å²) in [7, 11) is 1.77. The Kier molecular flexibility index (Phi) is 7.50. The summed E-state index contributed by atoms with van der Waals surface area (Å²) in [6, 6.07) is 9.84. The summed E-state index contributed by atoms with van der Waals surface area (Å²) in [4.78, 5) is 25.5. The molecule has 2 amide bonds. The molecule has 0 radical (unpaired) electrons. The van der Waals surface area contributed by atoms with E-state index in [2.05, 4.69) is 10.6 Å². The Labute approximate surface area is 173 Å². The number of hydrogen-bond donors (Lipinski definition) is 3. The van der Waals surface area contributed by atoms with E-state index in [0.29, 0.717) is 31.3 Å². The topological polar surface area (TPSA) is 62.6 Å². The van der Waals surface area contributed by atoms with E-state index in [9.17, 15) is 9.59 Å². The molecular formula is C19H21Cl3N3O2+. The average Bonchev–Trinajstić information content (AvgIpc) is 2.61. The highest BCUT2D eigenvalue weighted by Gasteiger charge is 2.25. The molecule has 0 aliphatic heterocycles. The van der Waals surface area contributed by atoms with Crippen LogP contribution in [0, 0.1) is 6.92 Å². The Morgan fingerprint density at radius 1 is 1.00 bits per heavy atom. The lowest BCUT2D eigenvalue weighted by molar-refractivity contribution is -0.885. The van der Waals surface area contributed by atoms with Gasteiger partial charge in [0.25, 0.3) is 11.8 Å². The highest BCUT2D eigenvalue weighted by atomic mass is 35.5. The first-order chi connectivity index (χ1) is 12.7. The molecule has 27 heavy (non-hydrogen) atoms. The number of rotatable bonds is 6. The molecule has 0 heterocycles. The van der Waals surface area contributed by atoms with Gasteiger partial charge >= 0.3 is 0 Å². The van der Waals surface area contributed by atoms with Crippen LogP contribution >= 0.6 is 34.8 Å². The van der Waals surface area contributed by atoms with Crippen molar-refractivity contribution >= 4 is 58.0 Å². The number of likely N-dealkylation sites (N-methyl/N-ethyl adjacent to an activating group) is 1. The summed E-state index contributed by atoms with van der Waals surface area (Å²) in [5.41, 5.74) is 1.81. The van der Waals surface area contributed by atoms with Crippen LogP contribution in [0.4, 0.5) is 11.4 Å². The van der Waals surface area contributed by atoms with Gasteiger partial charge in [0.15, 0.2) is 12.6 Å². The van der Waals surface area contributed by atoms with Crippen LogP contribution in [0.3, 0.4) is 0 Å². The number of nitrogens with one attached hydrogen (secondary N) is 3. The van der Waals surface area contributed by atoms with Gasteiger partial charge in [-0.15, -0.1) is 0 Å². The third-order valence-electron chi connectivity index (χ3n) is 4.32. The minimum Gasteiger partial charge on any atom is -0.321 e. The fourth-order valence-electron chi connectivity index (χ4n) is 2.41. The quantitative estimate of drug-likeness (QED) is 0.659. The van der Waals surface area contributed by atoms with Crippen molar-refractivity contribution in [3.8, 4) is 0 Å². The van der Waals surface area contributed by atoms with Crippen molar-refractivity contribution in [2.45, 2.75) is 19.9 Å². The average molecular weight is 430 g/mol. The molecule has 2 aromatic rings. The summed E-state index contributed by atoms with van der Waals surface area (Å²) in [5.74, 6) is -0.498. The number of anilines is 2. The largest absolute Gasteiger partial charge is 0.321 e. The number of amides is 2. The standard InChI is InChI=1S/C19H20Cl3N3O2/c1-11-13(20)6-5-9-16(11)23-19(27)12(2)25(3)10-17(26)24-18-14(21)7-4-8-15(18)22/h4-9,12H,10H2,1-3H3,(H,23,27)(H,24,26)/p+1. The summed E-state index contributed by atoms with van der Waals surface area (Å²) < 4.78 is 0. The molecule has 0 aliphatic carbocycles. The minimum absolute atomic E-state index is 0.0741. The molecule has 144 valence electrons. The second-order valence-corrected chi connectivity index (χ2v) is 7.51. The Morgan fingerprint density at radius 3 is 2.19 bits per heavy atom. The van der Waals surface area contributed by atoms with E-state index in [1.54, 1.807) is 50.4 Å². The number of quaternary nitrogens is 1. The van der Waals surface area contributed by atoms with Crippen molar-refractivity contribution in [2.75, 3.05) is 24.2 Å². The predicted molar refractivity (Wildman–Crippen MR) is 111 cm³/mol. The number of hydrogen-bond acceptors (Lipinski definition) is 2. The van der Waals surface area contributed by atoms with Crippen LogP contribution in [-0.2, 0) is 9.59 Å². The van der Waals surface area contributed by atoms with Gasteiger partial charge in [-0.1, -0.05) is 46.9 Å². The van der Waals surface area contributed by atoms with E-state index in [1.807, 2.05) is 6.92 Å². The highest BCUT2D eigenvalue weighted by Crippen LogP contribution is 2.29. The van der Waals surface area contributed by atoms with Crippen molar-refractivity contribution in [2.24, 2.45) is 0 Å². The predicted octanol–water partition coefficient (Wildman–Crippen LogP) is 3.44. The Balaban J connectivity index is 1.98. The molecule has 0 aromatic heterocycles. The molecule has 5 nitrogen and oxygen atoms in total. The molecule has 2 atom stereocenters. The molecule has 3 N–H and O–H groups in total. The van der Waals surface area contributed by atoms with Crippen molar-refractivity contribution in [3.05, 3.63) is 57.0 Å². The molecule has 0 bridgehead atoms. The van der Waals surface area contributed by atoms with Crippen LogP contribution in [0.5, 0.6) is 0 Å². The number of para-hydroxylation sites is 1. The van der Waals surface area contributed by atoms with E-state index in [1.165, 1.54) is 0 Å². The van der Waals surface area contributed by atoms with Gasteiger partial charge in [0, 0.05) is 10.7 Å². The molecule has 2 unspecified atom stereocenters. The lowest BCUT2D eigenvalue weighted by Crippen LogP contribution is -3.14. The number of carbonyl (C=O) groups excluding carboxylic acids is 2. The summed E-state index contributed by atoms with van der Waals surface area (Å²) in [6.07, 6.45) is 0. The molecular weight excluding hydrogens is 409 g/mol. The molecule has 2 aromatic carbocycles. The molecule has 0 saturated carbocycles. The van der Waals surface area contributed by atoms with Crippen LogP contribution in [0.2, 0.25) is 15.1 Å². The van der Waals surface area contributed by atoms with Crippen LogP contribution in [0.25, 0.3) is 0 Å². The zero-order valence-corrected chi connectivity index (χ0v) is 17.5. The third kappa shape index (κ3) is 5.59. The maximum Gasteiger partial charge on any atom is 0.282 e. The second-order valence-electron chi connectivity index (χ2n) is 6.29. The second kappa shape index (κ2) is 9.42. The zero-order chi connectivity index (χ0) is 20.1. The fourth-order valence-corrected chi connectivity index (χ4v) is 3.08. The van der Waals surface area contributed by atoms with Gasteiger partial charge in [0.05, 0.1) is 22.8 Å². The smallest absolute Gasteiger partial charge is 0.282 e. The van der Waals surface area contributed by atoms with Gasteiger partial charge in [0.2, 0.25) is 0 Å². The first kappa shape index (κ1) is 21.5. The van der Waals surface area contributed by atoms with E-state index in [-0.39, 0.29) is 18.4 Å². The first-order valence-corrected chi connectivity index (χ1v) is 9.46. The van der Waals surface area contributed by atoms with Crippen molar-refractivity contribution < 1.29 is 14.5 Å². The molecule has 0 fully saturated rings. The van der Waals surface area contributed by atoms with E-state index >= 15 is 0 Å². The fraction of sp³-hybridized carbons (Fsp3) is 0.263. The van der Waals surface area contributed by atoms with E-state index in [4.69, 9.17) is 34.8 Å². The van der Waals surface area contributed by atoms with Crippen molar-refractivity contribution in [3.63, 3.8) is 0 Å². The molecule has 2 rings (SSSR count). The molecule has 0 saturated heterocycles. The van der Waals surface area contributed by atoms with Gasteiger partial charge in [-0.3, -0.25) is 9.59 Å². The van der Waals surface area contributed by atoms with Gasteiger partial charge in [-0.2, -0.15) is 0 Å². The van der Waals surface area contributed by atoms with Gasteiger partial charge in [0.1, 0.15) is 0 Å². The van der Waals surface area contributed by atoms with Gasteiger partial charge in [-0.25, -0.2) is 0 Å². The molecule has 0 aliphatic rings.